The van der Waals surface area contributed by atoms with Crippen LogP contribution in [0.5, 0.6) is 0 Å². The van der Waals surface area contributed by atoms with Crippen LogP contribution in [0.4, 0.5) is 0 Å². The van der Waals surface area contributed by atoms with Gasteiger partial charge in [0.25, 0.3) is 0 Å². The SMILES string of the molecule is Cc1noc(C)c1CC(=O)NC[C@H](C(C)C)N1CCOCC1. The summed E-state index contributed by atoms with van der Waals surface area (Å²) in [6, 6.07) is 0.345. The highest BCUT2D eigenvalue weighted by Crippen LogP contribution is 2.14. The van der Waals surface area contributed by atoms with E-state index in [1.807, 2.05) is 13.8 Å². The van der Waals surface area contributed by atoms with Crippen LogP contribution in [0.25, 0.3) is 0 Å². The van der Waals surface area contributed by atoms with E-state index in [2.05, 4.69) is 29.2 Å². The fourth-order valence-corrected chi connectivity index (χ4v) is 2.89. The van der Waals surface area contributed by atoms with E-state index in [0.29, 0.717) is 24.9 Å². The number of carbonyl (C=O) groups is 1. The zero-order chi connectivity index (χ0) is 16.1. The molecule has 6 heteroatoms. The first-order chi connectivity index (χ1) is 10.5. The Bertz CT molecular complexity index is 473. The summed E-state index contributed by atoms with van der Waals surface area (Å²) in [7, 11) is 0. The first kappa shape index (κ1) is 17.0. The van der Waals surface area contributed by atoms with Gasteiger partial charge in [-0.05, 0) is 19.8 Å². The quantitative estimate of drug-likeness (QED) is 0.858. The van der Waals surface area contributed by atoms with E-state index >= 15 is 0 Å². The number of hydrogen-bond acceptors (Lipinski definition) is 5. The standard InChI is InChI=1S/C16H27N3O3/c1-11(2)15(19-5-7-21-8-6-19)10-17-16(20)9-14-12(3)18-22-13(14)4/h11,15H,5-10H2,1-4H3,(H,17,20)/t15-/m1/s1. The lowest BCUT2D eigenvalue weighted by Gasteiger charge is -2.36. The van der Waals surface area contributed by atoms with Crippen molar-refractivity contribution in [2.45, 2.75) is 40.2 Å². The molecule has 0 radical (unpaired) electrons. The number of nitrogens with zero attached hydrogens (tertiary/aromatic N) is 2. The Morgan fingerprint density at radius 2 is 2.00 bits per heavy atom. The van der Waals surface area contributed by atoms with Gasteiger partial charge in [0, 0.05) is 31.2 Å². The van der Waals surface area contributed by atoms with E-state index < -0.39 is 0 Å². The summed E-state index contributed by atoms with van der Waals surface area (Å²) >= 11 is 0. The first-order valence-electron chi connectivity index (χ1n) is 7.99. The average molecular weight is 309 g/mol. The van der Waals surface area contributed by atoms with Gasteiger partial charge >= 0.3 is 0 Å². The minimum absolute atomic E-state index is 0.0216. The fraction of sp³-hybridized carbons (Fsp3) is 0.750. The van der Waals surface area contributed by atoms with Crippen LogP contribution in [-0.4, -0.2) is 54.9 Å². The summed E-state index contributed by atoms with van der Waals surface area (Å²) in [5, 5.41) is 6.95. The molecule has 1 aliphatic heterocycles. The third-order valence-electron chi connectivity index (χ3n) is 4.31. The number of rotatable bonds is 6. The summed E-state index contributed by atoms with van der Waals surface area (Å²) in [5.74, 6) is 1.23. The maximum absolute atomic E-state index is 12.2. The molecule has 0 aliphatic carbocycles. The summed E-state index contributed by atoms with van der Waals surface area (Å²) in [5.41, 5.74) is 1.69. The Hall–Kier alpha value is -1.40. The molecule has 1 N–H and O–H groups in total. The lowest BCUT2D eigenvalue weighted by molar-refractivity contribution is -0.120. The van der Waals surface area contributed by atoms with E-state index in [0.717, 1.165) is 43.3 Å². The normalized spacial score (nSPS) is 17.7. The highest BCUT2D eigenvalue weighted by Gasteiger charge is 2.24. The van der Waals surface area contributed by atoms with Gasteiger partial charge in [-0.1, -0.05) is 19.0 Å². The minimum Gasteiger partial charge on any atom is -0.379 e. The van der Waals surface area contributed by atoms with Gasteiger partial charge in [0.2, 0.25) is 5.91 Å². The van der Waals surface area contributed by atoms with Crippen molar-refractivity contribution in [2.24, 2.45) is 5.92 Å². The third kappa shape index (κ3) is 4.30. The molecule has 1 saturated heterocycles. The lowest BCUT2D eigenvalue weighted by Crippen LogP contribution is -2.51. The highest BCUT2D eigenvalue weighted by atomic mass is 16.5. The van der Waals surface area contributed by atoms with Crippen LogP contribution in [-0.2, 0) is 16.0 Å². The van der Waals surface area contributed by atoms with Crippen molar-refractivity contribution in [3.05, 3.63) is 17.0 Å². The van der Waals surface area contributed by atoms with Crippen molar-refractivity contribution in [3.8, 4) is 0 Å². The molecule has 124 valence electrons. The number of hydrogen-bond donors (Lipinski definition) is 1. The number of amides is 1. The zero-order valence-electron chi connectivity index (χ0n) is 14.0. The number of ether oxygens (including phenoxy) is 1. The second kappa shape index (κ2) is 7.74. The van der Waals surface area contributed by atoms with Gasteiger partial charge in [-0.25, -0.2) is 0 Å². The molecule has 1 fully saturated rings. The van der Waals surface area contributed by atoms with Crippen molar-refractivity contribution in [2.75, 3.05) is 32.8 Å². The van der Waals surface area contributed by atoms with E-state index in [1.165, 1.54) is 0 Å². The van der Waals surface area contributed by atoms with E-state index in [-0.39, 0.29) is 5.91 Å². The largest absolute Gasteiger partial charge is 0.379 e. The van der Waals surface area contributed by atoms with Crippen molar-refractivity contribution in [1.29, 1.82) is 0 Å². The molecular weight excluding hydrogens is 282 g/mol. The Labute approximate surface area is 132 Å². The van der Waals surface area contributed by atoms with Gasteiger partial charge in [-0.15, -0.1) is 0 Å². The summed E-state index contributed by atoms with van der Waals surface area (Å²) in [4.78, 5) is 14.6. The van der Waals surface area contributed by atoms with Crippen molar-refractivity contribution >= 4 is 5.91 Å². The lowest BCUT2D eigenvalue weighted by atomic mass is 10.0. The average Bonchev–Trinajstić information content (AvgIpc) is 2.80. The van der Waals surface area contributed by atoms with Gasteiger partial charge < -0.3 is 14.6 Å². The third-order valence-corrected chi connectivity index (χ3v) is 4.31. The highest BCUT2D eigenvalue weighted by molar-refractivity contribution is 5.79. The van der Waals surface area contributed by atoms with Gasteiger partial charge in [0.05, 0.1) is 25.3 Å². The van der Waals surface area contributed by atoms with Crippen LogP contribution < -0.4 is 5.32 Å². The minimum atomic E-state index is 0.0216. The van der Waals surface area contributed by atoms with Crippen LogP contribution in [0.3, 0.4) is 0 Å². The van der Waals surface area contributed by atoms with Gasteiger partial charge in [-0.2, -0.15) is 0 Å². The maximum Gasteiger partial charge on any atom is 0.224 e. The molecule has 1 amide bonds. The molecule has 0 spiro atoms. The molecule has 1 aliphatic rings. The molecule has 0 bridgehead atoms. The Morgan fingerprint density at radius 3 is 2.55 bits per heavy atom. The molecule has 6 nitrogen and oxygen atoms in total. The molecular formula is C16H27N3O3. The number of carbonyl (C=O) groups excluding carboxylic acids is 1. The van der Waals surface area contributed by atoms with E-state index in [9.17, 15) is 4.79 Å². The Kier molecular flexibility index (Phi) is 5.97. The van der Waals surface area contributed by atoms with E-state index in [1.54, 1.807) is 0 Å². The smallest absolute Gasteiger partial charge is 0.224 e. The van der Waals surface area contributed by atoms with Gasteiger partial charge in [-0.3, -0.25) is 9.69 Å². The second-order valence-corrected chi connectivity index (χ2v) is 6.24. The molecule has 0 unspecified atom stereocenters. The van der Waals surface area contributed by atoms with Crippen molar-refractivity contribution < 1.29 is 14.1 Å². The number of aryl methyl sites for hydroxylation is 2. The summed E-state index contributed by atoms with van der Waals surface area (Å²) in [6.07, 6.45) is 0.328. The molecule has 2 heterocycles. The fourth-order valence-electron chi connectivity index (χ4n) is 2.89. The van der Waals surface area contributed by atoms with Gasteiger partial charge in [0.15, 0.2) is 0 Å². The van der Waals surface area contributed by atoms with Crippen LogP contribution in [0.15, 0.2) is 4.52 Å². The molecule has 1 aromatic rings. The van der Waals surface area contributed by atoms with Crippen molar-refractivity contribution in [1.82, 2.24) is 15.4 Å². The number of nitrogens with one attached hydrogen (secondary N) is 1. The Balaban J connectivity index is 1.87. The Morgan fingerprint density at radius 1 is 1.32 bits per heavy atom. The molecule has 0 aromatic carbocycles. The monoisotopic (exact) mass is 309 g/mol. The topological polar surface area (TPSA) is 67.6 Å². The van der Waals surface area contributed by atoms with Crippen LogP contribution in [0.1, 0.15) is 30.9 Å². The molecule has 1 atom stereocenters. The molecule has 1 aromatic heterocycles. The summed E-state index contributed by atoms with van der Waals surface area (Å²) < 4.78 is 10.5. The maximum atomic E-state index is 12.2. The summed E-state index contributed by atoms with van der Waals surface area (Å²) in [6.45, 7) is 12.2. The van der Waals surface area contributed by atoms with Crippen LogP contribution in [0.2, 0.25) is 0 Å². The predicted octanol–water partition coefficient (Wildman–Crippen LogP) is 1.31. The van der Waals surface area contributed by atoms with Crippen LogP contribution in [0, 0.1) is 19.8 Å². The second-order valence-electron chi connectivity index (χ2n) is 6.24. The molecule has 2 rings (SSSR count). The predicted molar refractivity (Wildman–Crippen MR) is 83.7 cm³/mol. The molecule has 22 heavy (non-hydrogen) atoms. The first-order valence-corrected chi connectivity index (χ1v) is 7.99. The van der Waals surface area contributed by atoms with Crippen LogP contribution >= 0.6 is 0 Å². The van der Waals surface area contributed by atoms with E-state index in [4.69, 9.17) is 9.26 Å². The number of aromatic nitrogens is 1. The van der Waals surface area contributed by atoms with Gasteiger partial charge in [0.1, 0.15) is 5.76 Å². The zero-order valence-corrected chi connectivity index (χ0v) is 14.0. The number of morpholine rings is 1. The van der Waals surface area contributed by atoms with Crippen molar-refractivity contribution in [3.63, 3.8) is 0 Å². The molecule has 0 saturated carbocycles.